The Morgan fingerprint density at radius 1 is 1.12 bits per heavy atom. The van der Waals surface area contributed by atoms with Crippen LogP contribution in [0, 0.1) is 11.8 Å². The van der Waals surface area contributed by atoms with Crippen molar-refractivity contribution in [3.8, 4) is 11.5 Å². The second-order valence-electron chi connectivity index (χ2n) is 7.28. The fourth-order valence-corrected chi connectivity index (χ4v) is 5.84. The molecule has 2 fully saturated rings. The lowest BCUT2D eigenvalue weighted by Crippen LogP contribution is -2.38. The van der Waals surface area contributed by atoms with E-state index in [1.807, 2.05) is 0 Å². The van der Waals surface area contributed by atoms with Crippen molar-refractivity contribution in [1.82, 2.24) is 14.5 Å². The molecule has 2 aliphatic carbocycles. The summed E-state index contributed by atoms with van der Waals surface area (Å²) >= 11 is 0. The molecule has 0 amide bonds. The van der Waals surface area contributed by atoms with Crippen LogP contribution in [0.15, 0.2) is 27.5 Å². The van der Waals surface area contributed by atoms with E-state index in [9.17, 15) is 17.2 Å². The number of nitrogens with zero attached hydrogens (tertiary/aromatic N) is 3. The number of halogens is 2. The molecule has 1 aromatic heterocycles. The Morgan fingerprint density at radius 3 is 2.38 bits per heavy atom. The Labute approximate surface area is 149 Å². The molecular weight excluding hydrogens is 364 g/mol. The van der Waals surface area contributed by atoms with E-state index < -0.39 is 22.3 Å². The fourth-order valence-electron chi connectivity index (χ4n) is 3.87. The summed E-state index contributed by atoms with van der Waals surface area (Å²) in [5.74, 6) is 0.0661. The van der Waals surface area contributed by atoms with Crippen molar-refractivity contribution >= 4 is 10.0 Å². The number of fused-ring (bicyclic) bond motifs is 1. The standard InChI is InChI=1S/C17H17F2N3O3S/c18-15(19)17-21-20-16(25-17)11-5-6-12-8-22(26(23,24)13(12)7-11)14(9-1-2-9)10-3-4-10/h5-7,9-10,14-15H,1-4,8H2. The van der Waals surface area contributed by atoms with Crippen LogP contribution in [-0.4, -0.2) is 29.0 Å². The zero-order valence-electron chi connectivity index (χ0n) is 13.8. The zero-order chi connectivity index (χ0) is 18.1. The number of hydrogen-bond donors (Lipinski definition) is 0. The van der Waals surface area contributed by atoms with E-state index in [0.29, 0.717) is 23.9 Å². The third-order valence-corrected chi connectivity index (χ3v) is 7.32. The van der Waals surface area contributed by atoms with Gasteiger partial charge < -0.3 is 4.42 Å². The summed E-state index contributed by atoms with van der Waals surface area (Å²) in [7, 11) is -3.60. The van der Waals surface area contributed by atoms with Gasteiger partial charge in [0, 0.05) is 18.2 Å². The summed E-state index contributed by atoms with van der Waals surface area (Å²) in [6.45, 7) is 0.377. The van der Waals surface area contributed by atoms with Crippen LogP contribution in [-0.2, 0) is 16.6 Å². The van der Waals surface area contributed by atoms with Gasteiger partial charge in [0.15, 0.2) is 0 Å². The summed E-state index contributed by atoms with van der Waals surface area (Å²) in [6, 6.07) is 4.91. The molecule has 0 spiro atoms. The van der Waals surface area contributed by atoms with Crippen molar-refractivity contribution < 1.29 is 21.6 Å². The lowest BCUT2D eigenvalue weighted by Gasteiger charge is -2.26. The molecule has 9 heteroatoms. The minimum absolute atomic E-state index is 0.0877. The third-order valence-electron chi connectivity index (χ3n) is 5.40. The summed E-state index contributed by atoms with van der Waals surface area (Å²) in [4.78, 5) is 0.220. The second kappa shape index (κ2) is 5.56. The lowest BCUT2D eigenvalue weighted by atomic mass is 10.1. The van der Waals surface area contributed by atoms with Gasteiger partial charge in [0.2, 0.25) is 15.9 Å². The number of rotatable bonds is 5. The van der Waals surface area contributed by atoms with E-state index in [-0.39, 0.29) is 16.8 Å². The number of benzene rings is 1. The number of aromatic nitrogens is 2. The average molecular weight is 381 g/mol. The highest BCUT2D eigenvalue weighted by molar-refractivity contribution is 7.89. The van der Waals surface area contributed by atoms with Crippen LogP contribution in [0.5, 0.6) is 0 Å². The predicted molar refractivity (Wildman–Crippen MR) is 86.7 cm³/mol. The summed E-state index contributed by atoms with van der Waals surface area (Å²) in [6.07, 6.45) is 1.50. The maximum atomic E-state index is 13.1. The molecule has 138 valence electrons. The largest absolute Gasteiger partial charge is 0.415 e. The average Bonchev–Trinajstić information content (AvgIpc) is 3.53. The van der Waals surface area contributed by atoms with E-state index >= 15 is 0 Å². The highest BCUT2D eigenvalue weighted by Gasteiger charge is 2.51. The molecule has 5 rings (SSSR count). The summed E-state index contributed by atoms with van der Waals surface area (Å²) in [5.41, 5.74) is 1.07. The molecule has 0 bridgehead atoms. The van der Waals surface area contributed by atoms with Crippen molar-refractivity contribution in [2.75, 3.05) is 0 Å². The lowest BCUT2D eigenvalue weighted by molar-refractivity contribution is 0.116. The Bertz CT molecular complexity index is 955. The molecule has 1 aromatic carbocycles. The van der Waals surface area contributed by atoms with E-state index in [1.54, 1.807) is 16.4 Å². The van der Waals surface area contributed by atoms with Gasteiger partial charge in [-0.1, -0.05) is 6.07 Å². The Hall–Kier alpha value is -1.87. The van der Waals surface area contributed by atoms with E-state index in [2.05, 4.69) is 10.2 Å². The van der Waals surface area contributed by atoms with Gasteiger partial charge in [-0.2, -0.15) is 13.1 Å². The minimum Gasteiger partial charge on any atom is -0.415 e. The van der Waals surface area contributed by atoms with Gasteiger partial charge in [0.1, 0.15) is 0 Å². The fraction of sp³-hybridized carbons (Fsp3) is 0.529. The smallest absolute Gasteiger partial charge is 0.314 e. The van der Waals surface area contributed by atoms with Gasteiger partial charge in [-0.05, 0) is 55.2 Å². The van der Waals surface area contributed by atoms with Crippen LogP contribution < -0.4 is 0 Å². The van der Waals surface area contributed by atoms with Crippen LogP contribution in [0.1, 0.15) is 43.6 Å². The van der Waals surface area contributed by atoms with Crippen LogP contribution in [0.3, 0.4) is 0 Å². The van der Waals surface area contributed by atoms with Gasteiger partial charge >= 0.3 is 6.43 Å². The molecule has 2 saturated carbocycles. The monoisotopic (exact) mass is 381 g/mol. The van der Waals surface area contributed by atoms with E-state index in [1.165, 1.54) is 6.07 Å². The zero-order valence-corrected chi connectivity index (χ0v) is 14.6. The van der Waals surface area contributed by atoms with Gasteiger partial charge in [-0.15, -0.1) is 10.2 Å². The van der Waals surface area contributed by atoms with Crippen LogP contribution in [0.2, 0.25) is 0 Å². The molecule has 0 atom stereocenters. The first-order valence-corrected chi connectivity index (χ1v) is 10.2. The van der Waals surface area contributed by atoms with Gasteiger partial charge in [-0.3, -0.25) is 0 Å². The summed E-state index contributed by atoms with van der Waals surface area (Å²) in [5, 5.41) is 6.91. The Morgan fingerprint density at radius 2 is 1.81 bits per heavy atom. The molecule has 26 heavy (non-hydrogen) atoms. The Kier molecular flexibility index (Phi) is 3.49. The SMILES string of the molecule is O=S1(=O)c2cc(-c3nnc(C(F)F)o3)ccc2CN1C(C1CC1)C1CC1. The first-order chi connectivity index (χ1) is 12.4. The van der Waals surface area contributed by atoms with Crippen molar-refractivity contribution in [2.45, 2.75) is 49.6 Å². The molecule has 6 nitrogen and oxygen atoms in total. The van der Waals surface area contributed by atoms with Crippen LogP contribution >= 0.6 is 0 Å². The molecule has 0 radical (unpaired) electrons. The van der Waals surface area contributed by atoms with Gasteiger partial charge in [-0.25, -0.2) is 8.42 Å². The van der Waals surface area contributed by atoms with Crippen LogP contribution in [0.25, 0.3) is 11.5 Å². The quantitative estimate of drug-likeness (QED) is 0.794. The van der Waals surface area contributed by atoms with Crippen LogP contribution in [0.4, 0.5) is 8.78 Å². The maximum absolute atomic E-state index is 13.1. The van der Waals surface area contributed by atoms with Crippen molar-refractivity contribution in [3.63, 3.8) is 0 Å². The molecule has 2 aromatic rings. The molecule has 2 heterocycles. The van der Waals surface area contributed by atoms with Gasteiger partial charge in [0.05, 0.1) is 4.90 Å². The third kappa shape index (κ3) is 2.56. The normalized spacial score (nSPS) is 22.3. The van der Waals surface area contributed by atoms with Crippen molar-refractivity contribution in [3.05, 3.63) is 29.7 Å². The number of hydrogen-bond acceptors (Lipinski definition) is 5. The molecule has 0 N–H and O–H groups in total. The highest BCUT2D eigenvalue weighted by Crippen LogP contribution is 2.50. The number of alkyl halides is 2. The molecule has 1 aliphatic heterocycles. The summed E-state index contributed by atoms with van der Waals surface area (Å²) < 4.78 is 58.1. The minimum atomic E-state index is -3.60. The second-order valence-corrected chi connectivity index (χ2v) is 9.14. The molecule has 3 aliphatic rings. The highest BCUT2D eigenvalue weighted by atomic mass is 32.2. The van der Waals surface area contributed by atoms with Gasteiger partial charge in [0.25, 0.3) is 5.89 Å². The van der Waals surface area contributed by atoms with Crippen molar-refractivity contribution in [1.29, 1.82) is 0 Å². The molecule has 0 saturated heterocycles. The van der Waals surface area contributed by atoms with E-state index in [0.717, 1.165) is 31.2 Å². The number of sulfonamides is 1. The first-order valence-electron chi connectivity index (χ1n) is 8.72. The predicted octanol–water partition coefficient (Wildman–Crippen LogP) is 3.37. The van der Waals surface area contributed by atoms with E-state index in [4.69, 9.17) is 4.42 Å². The molecule has 0 unspecified atom stereocenters. The first kappa shape index (κ1) is 16.3. The Balaban J connectivity index is 1.51. The topological polar surface area (TPSA) is 76.3 Å². The van der Waals surface area contributed by atoms with Crippen molar-refractivity contribution in [2.24, 2.45) is 11.8 Å². The maximum Gasteiger partial charge on any atom is 0.314 e. The molecular formula is C17H17F2N3O3S.